The Kier molecular flexibility index (Phi) is 3.87. The maximum Gasteiger partial charge on any atom is 0.159 e. The Morgan fingerprint density at radius 3 is 2.56 bits per heavy atom. The van der Waals surface area contributed by atoms with Crippen LogP contribution in [0.25, 0.3) is 11.3 Å². The summed E-state index contributed by atoms with van der Waals surface area (Å²) in [6.07, 6.45) is 0.542. The van der Waals surface area contributed by atoms with E-state index in [1.54, 1.807) is 6.07 Å². The molecule has 0 spiro atoms. The van der Waals surface area contributed by atoms with Gasteiger partial charge in [0.25, 0.3) is 0 Å². The van der Waals surface area contributed by atoms with Crippen LogP contribution in [0.4, 0.5) is 8.78 Å². The molecule has 0 saturated heterocycles. The molecular weight excluding hydrogens is 258 g/mol. The van der Waals surface area contributed by atoms with E-state index in [9.17, 15) is 8.78 Å². The lowest BCUT2D eigenvalue weighted by atomic mass is 10.1. The molecule has 18 heavy (non-hydrogen) atoms. The first-order valence-corrected chi connectivity index (χ1v) is 5.99. The molecule has 0 N–H and O–H groups in total. The van der Waals surface area contributed by atoms with Gasteiger partial charge < -0.3 is 0 Å². The normalized spacial score (nSPS) is 10.7. The fourth-order valence-electron chi connectivity index (χ4n) is 1.63. The standard InChI is InChI=1S/C13H11ClF2N2/c1-8-6-12(18-13(17-8)4-5-14)9-2-3-10(15)11(16)7-9/h2-3,6-7H,4-5H2,1H3. The van der Waals surface area contributed by atoms with Gasteiger partial charge in [-0.1, -0.05) is 0 Å². The van der Waals surface area contributed by atoms with Crippen LogP contribution in [0, 0.1) is 18.6 Å². The van der Waals surface area contributed by atoms with Crippen LogP contribution < -0.4 is 0 Å². The van der Waals surface area contributed by atoms with Crippen LogP contribution in [0.15, 0.2) is 24.3 Å². The molecule has 0 bridgehead atoms. The van der Waals surface area contributed by atoms with E-state index in [0.717, 1.165) is 17.8 Å². The van der Waals surface area contributed by atoms with Gasteiger partial charge in [0.05, 0.1) is 5.69 Å². The van der Waals surface area contributed by atoms with Crippen LogP contribution in [-0.4, -0.2) is 15.8 Å². The summed E-state index contributed by atoms with van der Waals surface area (Å²) in [6.45, 7) is 1.82. The molecule has 0 fully saturated rings. The summed E-state index contributed by atoms with van der Waals surface area (Å²) in [7, 11) is 0. The average Bonchev–Trinajstić information content (AvgIpc) is 2.32. The van der Waals surface area contributed by atoms with Crippen molar-refractivity contribution in [3.63, 3.8) is 0 Å². The van der Waals surface area contributed by atoms with Gasteiger partial charge in [-0.2, -0.15) is 0 Å². The molecule has 2 rings (SSSR count). The largest absolute Gasteiger partial charge is 0.238 e. The van der Waals surface area contributed by atoms with Gasteiger partial charge in [0, 0.05) is 23.6 Å². The van der Waals surface area contributed by atoms with Crippen LogP contribution in [0.1, 0.15) is 11.5 Å². The fourth-order valence-corrected chi connectivity index (χ4v) is 1.80. The van der Waals surface area contributed by atoms with Gasteiger partial charge in [-0.3, -0.25) is 0 Å². The van der Waals surface area contributed by atoms with E-state index in [4.69, 9.17) is 11.6 Å². The van der Waals surface area contributed by atoms with E-state index in [1.807, 2.05) is 6.92 Å². The molecule has 0 aliphatic carbocycles. The molecule has 0 saturated carbocycles. The van der Waals surface area contributed by atoms with E-state index < -0.39 is 11.6 Å². The number of aryl methyl sites for hydroxylation is 2. The quantitative estimate of drug-likeness (QED) is 0.796. The second-order valence-corrected chi connectivity index (χ2v) is 4.26. The van der Waals surface area contributed by atoms with Crippen LogP contribution in [0.5, 0.6) is 0 Å². The van der Waals surface area contributed by atoms with Gasteiger partial charge in [0.1, 0.15) is 5.82 Å². The topological polar surface area (TPSA) is 25.8 Å². The van der Waals surface area contributed by atoms with Crippen LogP contribution in [-0.2, 0) is 6.42 Å². The zero-order valence-electron chi connectivity index (χ0n) is 9.75. The molecule has 0 aliphatic rings. The summed E-state index contributed by atoms with van der Waals surface area (Å²) < 4.78 is 26.0. The first kappa shape index (κ1) is 12.9. The maximum atomic E-state index is 13.2. The van der Waals surface area contributed by atoms with Gasteiger partial charge in [0.2, 0.25) is 0 Å². The lowest BCUT2D eigenvalue weighted by Gasteiger charge is -2.05. The Balaban J connectivity index is 2.46. The van der Waals surface area contributed by atoms with E-state index >= 15 is 0 Å². The predicted octanol–water partition coefficient (Wildman–Crippen LogP) is 3.51. The minimum Gasteiger partial charge on any atom is -0.238 e. The Hall–Kier alpha value is -1.55. The molecule has 1 aromatic heterocycles. The van der Waals surface area contributed by atoms with E-state index in [-0.39, 0.29) is 0 Å². The summed E-state index contributed by atoms with van der Waals surface area (Å²) in [6, 6.07) is 5.43. The van der Waals surface area contributed by atoms with Gasteiger partial charge in [-0.25, -0.2) is 18.7 Å². The van der Waals surface area contributed by atoms with Crippen LogP contribution in [0.2, 0.25) is 0 Å². The molecule has 5 heteroatoms. The number of rotatable bonds is 3. The number of alkyl halides is 1. The molecule has 2 nitrogen and oxygen atoms in total. The summed E-state index contributed by atoms with van der Waals surface area (Å²) in [4.78, 5) is 8.51. The highest BCUT2D eigenvalue weighted by Gasteiger charge is 2.08. The lowest BCUT2D eigenvalue weighted by Crippen LogP contribution is -2.00. The Morgan fingerprint density at radius 2 is 1.89 bits per heavy atom. The third-order valence-corrected chi connectivity index (χ3v) is 2.62. The molecule has 0 atom stereocenters. The van der Waals surface area contributed by atoms with Crippen molar-refractivity contribution in [2.75, 3.05) is 5.88 Å². The van der Waals surface area contributed by atoms with Crippen molar-refractivity contribution in [1.82, 2.24) is 9.97 Å². The summed E-state index contributed by atoms with van der Waals surface area (Å²) in [5, 5.41) is 0. The zero-order valence-corrected chi connectivity index (χ0v) is 10.5. The number of halogens is 3. The first-order valence-electron chi connectivity index (χ1n) is 5.46. The monoisotopic (exact) mass is 268 g/mol. The first-order chi connectivity index (χ1) is 8.60. The predicted molar refractivity (Wildman–Crippen MR) is 66.5 cm³/mol. The average molecular weight is 269 g/mol. The molecule has 1 heterocycles. The Labute approximate surface area is 109 Å². The van der Waals surface area contributed by atoms with Crippen molar-refractivity contribution in [3.05, 3.63) is 47.4 Å². The molecule has 0 unspecified atom stereocenters. The molecule has 0 radical (unpaired) electrons. The fraction of sp³-hybridized carbons (Fsp3) is 0.231. The third-order valence-electron chi connectivity index (χ3n) is 2.43. The number of aromatic nitrogens is 2. The molecular formula is C13H11ClF2N2. The van der Waals surface area contributed by atoms with E-state index in [2.05, 4.69) is 9.97 Å². The van der Waals surface area contributed by atoms with Crippen LogP contribution >= 0.6 is 11.6 Å². The number of nitrogens with zero attached hydrogens (tertiary/aromatic N) is 2. The number of hydrogen-bond acceptors (Lipinski definition) is 2. The summed E-state index contributed by atoms with van der Waals surface area (Å²) >= 11 is 5.64. The zero-order chi connectivity index (χ0) is 13.1. The van der Waals surface area contributed by atoms with Gasteiger partial charge in [0.15, 0.2) is 11.6 Å². The maximum absolute atomic E-state index is 13.2. The minimum atomic E-state index is -0.886. The number of hydrogen-bond donors (Lipinski definition) is 0. The summed E-state index contributed by atoms with van der Waals surface area (Å²) in [5.74, 6) is -0.737. The molecule has 2 aromatic rings. The second-order valence-electron chi connectivity index (χ2n) is 3.88. The highest BCUT2D eigenvalue weighted by Crippen LogP contribution is 2.20. The van der Waals surface area contributed by atoms with Gasteiger partial charge >= 0.3 is 0 Å². The lowest BCUT2D eigenvalue weighted by molar-refractivity contribution is 0.509. The molecule has 94 valence electrons. The van der Waals surface area contributed by atoms with Crippen LogP contribution in [0.3, 0.4) is 0 Å². The van der Waals surface area contributed by atoms with Crippen molar-refractivity contribution >= 4 is 11.6 Å². The van der Waals surface area contributed by atoms with Crippen molar-refractivity contribution < 1.29 is 8.78 Å². The van der Waals surface area contributed by atoms with Crippen molar-refractivity contribution in [2.24, 2.45) is 0 Å². The van der Waals surface area contributed by atoms with E-state index in [1.165, 1.54) is 6.07 Å². The summed E-state index contributed by atoms with van der Waals surface area (Å²) in [5.41, 5.74) is 1.86. The third kappa shape index (κ3) is 2.82. The Morgan fingerprint density at radius 1 is 1.11 bits per heavy atom. The highest BCUT2D eigenvalue weighted by molar-refractivity contribution is 6.17. The SMILES string of the molecule is Cc1cc(-c2ccc(F)c(F)c2)nc(CCCl)n1. The molecule has 0 amide bonds. The highest BCUT2D eigenvalue weighted by atomic mass is 35.5. The van der Waals surface area contributed by atoms with Crippen molar-refractivity contribution in [3.8, 4) is 11.3 Å². The number of benzene rings is 1. The van der Waals surface area contributed by atoms with E-state index in [0.29, 0.717) is 29.4 Å². The molecule has 0 aliphatic heterocycles. The van der Waals surface area contributed by atoms with Gasteiger partial charge in [-0.05, 0) is 31.2 Å². The van der Waals surface area contributed by atoms with Gasteiger partial charge in [-0.15, -0.1) is 11.6 Å². The van der Waals surface area contributed by atoms with Crippen molar-refractivity contribution in [2.45, 2.75) is 13.3 Å². The Bertz CT molecular complexity index is 573. The molecule has 1 aromatic carbocycles. The smallest absolute Gasteiger partial charge is 0.159 e. The van der Waals surface area contributed by atoms with Crippen molar-refractivity contribution in [1.29, 1.82) is 0 Å². The minimum absolute atomic E-state index is 0.417. The second kappa shape index (κ2) is 5.40.